The second-order valence-electron chi connectivity index (χ2n) is 6.24. The molecule has 2 aromatic rings. The van der Waals surface area contributed by atoms with E-state index in [1.165, 1.54) is 0 Å². The molecule has 5 heteroatoms. The third kappa shape index (κ3) is 4.11. The lowest BCUT2D eigenvalue weighted by Crippen LogP contribution is -2.17. The molecule has 1 aliphatic carbocycles. The number of rotatable bonds is 8. The summed E-state index contributed by atoms with van der Waals surface area (Å²) in [6.07, 6.45) is 7.76. The van der Waals surface area contributed by atoms with Gasteiger partial charge in [-0.2, -0.15) is 5.10 Å². The van der Waals surface area contributed by atoms with Crippen LogP contribution in [0.25, 0.3) is 5.70 Å². The molecule has 1 amide bonds. The van der Waals surface area contributed by atoms with Crippen LogP contribution in [0, 0.1) is 0 Å². The van der Waals surface area contributed by atoms with Crippen LogP contribution >= 0.6 is 0 Å². The topological polar surface area (TPSA) is 56.2 Å². The van der Waals surface area contributed by atoms with Gasteiger partial charge in [0.1, 0.15) is 11.6 Å². The number of nitrogens with one attached hydrogen (secondary N) is 1. The number of amides is 1. The number of carbonyl (C=O) groups is 1. The monoisotopic (exact) mass is 349 g/mol. The first-order valence-corrected chi connectivity index (χ1v) is 8.63. The average Bonchev–Trinajstić information content (AvgIpc) is 3.42. The lowest BCUT2D eigenvalue weighted by Gasteiger charge is -2.09. The predicted molar refractivity (Wildman–Crippen MR) is 104 cm³/mol. The molecule has 1 saturated carbocycles. The van der Waals surface area contributed by atoms with Crippen LogP contribution in [-0.4, -0.2) is 22.8 Å². The SMILES string of the molecule is C=C/C=C(\C=C)n1nc(C2CC2)cc1NC(=O)Cc1ccc(OC)cc1. The molecule has 0 unspecified atom stereocenters. The molecule has 1 N–H and O–H groups in total. The molecule has 1 aromatic heterocycles. The first kappa shape index (κ1) is 17.7. The van der Waals surface area contributed by atoms with Crippen molar-refractivity contribution in [3.8, 4) is 5.75 Å². The van der Waals surface area contributed by atoms with Crippen molar-refractivity contribution in [2.24, 2.45) is 0 Å². The van der Waals surface area contributed by atoms with Crippen LogP contribution in [-0.2, 0) is 11.2 Å². The lowest BCUT2D eigenvalue weighted by atomic mass is 10.1. The molecule has 0 atom stereocenters. The van der Waals surface area contributed by atoms with Gasteiger partial charge in [0.2, 0.25) is 5.91 Å². The van der Waals surface area contributed by atoms with Gasteiger partial charge in [-0.15, -0.1) is 0 Å². The van der Waals surface area contributed by atoms with Crippen LogP contribution in [0.2, 0.25) is 0 Å². The van der Waals surface area contributed by atoms with Gasteiger partial charge in [-0.1, -0.05) is 31.4 Å². The number of anilines is 1. The molecule has 0 radical (unpaired) electrons. The second kappa shape index (κ2) is 7.87. The number of aromatic nitrogens is 2. The summed E-state index contributed by atoms with van der Waals surface area (Å²) in [7, 11) is 1.62. The van der Waals surface area contributed by atoms with Crippen molar-refractivity contribution >= 4 is 17.4 Å². The van der Waals surface area contributed by atoms with Crippen molar-refractivity contribution in [3.05, 3.63) is 73.0 Å². The molecule has 1 fully saturated rings. The Morgan fingerprint density at radius 2 is 2.08 bits per heavy atom. The van der Waals surface area contributed by atoms with Crippen molar-refractivity contribution in [2.75, 3.05) is 12.4 Å². The Bertz CT molecular complexity index is 843. The van der Waals surface area contributed by atoms with Crippen LogP contribution in [0.5, 0.6) is 5.75 Å². The highest BCUT2D eigenvalue weighted by Crippen LogP contribution is 2.40. The van der Waals surface area contributed by atoms with E-state index in [0.717, 1.165) is 35.5 Å². The van der Waals surface area contributed by atoms with Crippen molar-refractivity contribution < 1.29 is 9.53 Å². The highest BCUT2D eigenvalue weighted by Gasteiger charge is 2.28. The largest absolute Gasteiger partial charge is 0.497 e. The lowest BCUT2D eigenvalue weighted by molar-refractivity contribution is -0.115. The third-order valence-corrected chi connectivity index (χ3v) is 4.26. The molecule has 134 valence electrons. The average molecular weight is 349 g/mol. The molecule has 1 aromatic carbocycles. The summed E-state index contributed by atoms with van der Waals surface area (Å²) in [5.74, 6) is 1.81. The molecule has 1 heterocycles. The van der Waals surface area contributed by atoms with E-state index >= 15 is 0 Å². The first-order chi connectivity index (χ1) is 12.6. The Kier molecular flexibility index (Phi) is 5.37. The molecule has 0 saturated heterocycles. The number of nitrogens with zero attached hydrogens (tertiary/aromatic N) is 2. The van der Waals surface area contributed by atoms with E-state index in [9.17, 15) is 4.79 Å². The Labute approximate surface area is 153 Å². The number of carbonyl (C=O) groups excluding carboxylic acids is 1. The van der Waals surface area contributed by atoms with Gasteiger partial charge in [0.05, 0.1) is 24.9 Å². The van der Waals surface area contributed by atoms with Crippen LogP contribution in [0.1, 0.15) is 30.0 Å². The van der Waals surface area contributed by atoms with E-state index < -0.39 is 0 Å². The van der Waals surface area contributed by atoms with E-state index in [1.54, 1.807) is 23.9 Å². The van der Waals surface area contributed by atoms with Gasteiger partial charge in [-0.3, -0.25) is 4.79 Å². The van der Waals surface area contributed by atoms with E-state index in [4.69, 9.17) is 4.74 Å². The number of hydrogen-bond acceptors (Lipinski definition) is 3. The Morgan fingerprint density at radius 1 is 1.35 bits per heavy atom. The molecule has 1 aliphatic rings. The Hall–Kier alpha value is -3.08. The molecular formula is C21H23N3O2. The van der Waals surface area contributed by atoms with Gasteiger partial charge in [0.15, 0.2) is 0 Å². The van der Waals surface area contributed by atoms with Gasteiger partial charge >= 0.3 is 0 Å². The molecule has 0 bridgehead atoms. The zero-order valence-corrected chi connectivity index (χ0v) is 14.9. The minimum absolute atomic E-state index is 0.0966. The summed E-state index contributed by atoms with van der Waals surface area (Å²) in [6.45, 7) is 7.55. The summed E-state index contributed by atoms with van der Waals surface area (Å²) in [5.41, 5.74) is 2.69. The van der Waals surface area contributed by atoms with Gasteiger partial charge in [-0.25, -0.2) is 4.68 Å². The smallest absolute Gasteiger partial charge is 0.229 e. The maximum Gasteiger partial charge on any atom is 0.229 e. The van der Waals surface area contributed by atoms with Crippen LogP contribution in [0.15, 0.2) is 61.7 Å². The maximum absolute atomic E-state index is 12.5. The van der Waals surface area contributed by atoms with E-state index in [2.05, 4.69) is 23.6 Å². The zero-order valence-electron chi connectivity index (χ0n) is 14.9. The minimum atomic E-state index is -0.0966. The number of hydrogen-bond donors (Lipinski definition) is 1. The van der Waals surface area contributed by atoms with Crippen molar-refractivity contribution in [3.63, 3.8) is 0 Å². The highest BCUT2D eigenvalue weighted by molar-refractivity contribution is 5.92. The summed E-state index contributed by atoms with van der Waals surface area (Å²) in [4.78, 5) is 12.5. The number of allylic oxidation sites excluding steroid dienone is 4. The van der Waals surface area contributed by atoms with Gasteiger partial charge < -0.3 is 10.1 Å². The molecule has 26 heavy (non-hydrogen) atoms. The predicted octanol–water partition coefficient (Wildman–Crippen LogP) is 4.16. The fraction of sp³-hybridized carbons (Fsp3) is 0.238. The van der Waals surface area contributed by atoms with Crippen molar-refractivity contribution in [1.82, 2.24) is 9.78 Å². The van der Waals surface area contributed by atoms with Gasteiger partial charge in [-0.05, 0) is 42.7 Å². The van der Waals surface area contributed by atoms with E-state index in [-0.39, 0.29) is 12.3 Å². The summed E-state index contributed by atoms with van der Waals surface area (Å²) in [5, 5.41) is 7.61. The quantitative estimate of drug-likeness (QED) is 0.728. The molecule has 0 spiro atoms. The molecule has 0 aliphatic heterocycles. The van der Waals surface area contributed by atoms with Crippen LogP contribution < -0.4 is 10.1 Å². The number of methoxy groups -OCH3 is 1. The fourth-order valence-electron chi connectivity index (χ4n) is 2.73. The van der Waals surface area contributed by atoms with Gasteiger partial charge in [0, 0.05) is 12.0 Å². The standard InChI is InChI=1S/C21H23N3O2/c1-4-6-17(5-2)24-20(14-19(23-24)16-9-10-16)22-21(25)13-15-7-11-18(26-3)12-8-15/h4-8,11-12,14,16H,1-2,9-10,13H2,3H3,(H,22,25)/b17-6+. The Balaban J connectivity index is 1.78. The van der Waals surface area contributed by atoms with Gasteiger partial charge in [0.25, 0.3) is 0 Å². The normalized spacial score (nSPS) is 14.0. The minimum Gasteiger partial charge on any atom is -0.497 e. The molecular weight excluding hydrogens is 326 g/mol. The van der Waals surface area contributed by atoms with E-state index in [1.807, 2.05) is 36.4 Å². The molecule has 5 nitrogen and oxygen atoms in total. The third-order valence-electron chi connectivity index (χ3n) is 4.26. The first-order valence-electron chi connectivity index (χ1n) is 8.63. The summed E-state index contributed by atoms with van der Waals surface area (Å²) < 4.78 is 6.86. The molecule has 3 rings (SSSR count). The summed E-state index contributed by atoms with van der Waals surface area (Å²) in [6, 6.07) is 9.42. The highest BCUT2D eigenvalue weighted by atomic mass is 16.5. The number of ether oxygens (including phenoxy) is 1. The zero-order chi connectivity index (χ0) is 18.5. The van der Waals surface area contributed by atoms with E-state index in [0.29, 0.717) is 11.7 Å². The Morgan fingerprint density at radius 3 is 2.65 bits per heavy atom. The second-order valence-corrected chi connectivity index (χ2v) is 6.24. The fourth-order valence-corrected chi connectivity index (χ4v) is 2.73. The van der Waals surface area contributed by atoms with Crippen LogP contribution in [0.3, 0.4) is 0 Å². The van der Waals surface area contributed by atoms with Crippen molar-refractivity contribution in [2.45, 2.75) is 25.2 Å². The van der Waals surface area contributed by atoms with Crippen LogP contribution in [0.4, 0.5) is 5.82 Å². The van der Waals surface area contributed by atoms with Crippen molar-refractivity contribution in [1.29, 1.82) is 0 Å². The summed E-state index contributed by atoms with van der Waals surface area (Å²) >= 11 is 0. The maximum atomic E-state index is 12.5. The number of benzene rings is 1.